The summed E-state index contributed by atoms with van der Waals surface area (Å²) in [5.74, 6) is 0.761. The highest BCUT2D eigenvalue weighted by Crippen LogP contribution is 2.22. The lowest BCUT2D eigenvalue weighted by molar-refractivity contribution is 0.679. The second-order valence-electron chi connectivity index (χ2n) is 5.15. The highest BCUT2D eigenvalue weighted by atomic mass is 35.5. The van der Waals surface area contributed by atoms with Crippen molar-refractivity contribution in [2.24, 2.45) is 7.05 Å². The molecule has 0 unspecified atom stereocenters. The third kappa shape index (κ3) is 2.77. The molecule has 0 fully saturated rings. The maximum atomic E-state index is 5.94. The van der Waals surface area contributed by atoms with Crippen molar-refractivity contribution in [3.63, 3.8) is 0 Å². The summed E-state index contributed by atoms with van der Waals surface area (Å²) in [6.07, 6.45) is 10.3. The van der Waals surface area contributed by atoms with E-state index in [1.54, 1.807) is 11.9 Å². The summed E-state index contributed by atoms with van der Waals surface area (Å²) in [6.45, 7) is 0.861. The van der Waals surface area contributed by atoms with Gasteiger partial charge in [0.1, 0.15) is 5.52 Å². The summed E-state index contributed by atoms with van der Waals surface area (Å²) in [5.41, 5.74) is 3.07. The van der Waals surface area contributed by atoms with Crippen LogP contribution in [0, 0.1) is 0 Å². The minimum Gasteiger partial charge on any atom is -0.368 e. The average molecular weight is 292 g/mol. The first-order valence-electron chi connectivity index (χ1n) is 7.00. The van der Waals surface area contributed by atoms with Gasteiger partial charge in [-0.25, -0.2) is 4.98 Å². The van der Waals surface area contributed by atoms with E-state index in [1.807, 2.05) is 11.6 Å². The summed E-state index contributed by atoms with van der Waals surface area (Å²) < 4.78 is 1.91. The van der Waals surface area contributed by atoms with Gasteiger partial charge in [-0.1, -0.05) is 11.6 Å². The zero-order chi connectivity index (χ0) is 13.9. The molecule has 0 aliphatic heterocycles. The molecule has 1 aliphatic carbocycles. The monoisotopic (exact) mass is 291 g/mol. The Labute approximate surface area is 123 Å². The van der Waals surface area contributed by atoms with Crippen LogP contribution in [-0.2, 0) is 7.05 Å². The van der Waals surface area contributed by atoms with E-state index in [0.29, 0.717) is 5.65 Å². The highest BCUT2D eigenvalue weighted by molar-refractivity contribution is 6.28. The van der Waals surface area contributed by atoms with Gasteiger partial charge >= 0.3 is 0 Å². The number of nitrogens with zero attached hydrogens (tertiary/aromatic N) is 4. The van der Waals surface area contributed by atoms with E-state index >= 15 is 0 Å². The molecule has 20 heavy (non-hydrogen) atoms. The van der Waals surface area contributed by atoms with Crippen molar-refractivity contribution in [1.82, 2.24) is 19.5 Å². The minimum absolute atomic E-state index is 0.232. The molecule has 1 N–H and O–H groups in total. The fraction of sp³-hybridized carbons (Fsp3) is 0.500. The van der Waals surface area contributed by atoms with E-state index in [9.17, 15) is 0 Å². The predicted octanol–water partition coefficient (Wildman–Crippen LogP) is 3.32. The lowest BCUT2D eigenvalue weighted by atomic mass is 9.97. The normalized spacial score (nSPS) is 15.4. The third-order valence-electron chi connectivity index (χ3n) is 3.67. The van der Waals surface area contributed by atoms with E-state index in [2.05, 4.69) is 26.3 Å². The molecule has 3 rings (SSSR count). The van der Waals surface area contributed by atoms with E-state index in [1.165, 1.54) is 25.7 Å². The molecule has 0 amide bonds. The van der Waals surface area contributed by atoms with E-state index in [4.69, 9.17) is 11.6 Å². The van der Waals surface area contributed by atoms with Gasteiger partial charge in [0.15, 0.2) is 11.5 Å². The summed E-state index contributed by atoms with van der Waals surface area (Å²) in [5, 5.41) is 3.60. The maximum absolute atomic E-state index is 5.94. The van der Waals surface area contributed by atoms with Crippen LogP contribution in [0.1, 0.15) is 32.1 Å². The second kappa shape index (κ2) is 5.79. The average Bonchev–Trinajstić information content (AvgIpc) is 2.81. The Bertz CT molecular complexity index is 646. The van der Waals surface area contributed by atoms with Crippen LogP contribution in [-0.4, -0.2) is 26.1 Å². The number of anilines is 1. The summed E-state index contributed by atoms with van der Waals surface area (Å²) in [6, 6.07) is 0. The molecule has 0 bridgehead atoms. The van der Waals surface area contributed by atoms with E-state index in [0.717, 1.165) is 24.3 Å². The topological polar surface area (TPSA) is 55.6 Å². The van der Waals surface area contributed by atoms with Gasteiger partial charge in [-0.05, 0) is 43.7 Å². The Morgan fingerprint density at radius 2 is 2.25 bits per heavy atom. The van der Waals surface area contributed by atoms with Gasteiger partial charge in [-0.3, -0.25) is 0 Å². The number of aromatic nitrogens is 4. The fourth-order valence-electron chi connectivity index (χ4n) is 2.63. The highest BCUT2D eigenvalue weighted by Gasteiger charge is 2.11. The van der Waals surface area contributed by atoms with Gasteiger partial charge in [-0.2, -0.15) is 9.97 Å². The summed E-state index contributed by atoms with van der Waals surface area (Å²) in [7, 11) is 1.93. The molecule has 5 nitrogen and oxygen atoms in total. The van der Waals surface area contributed by atoms with Crippen LogP contribution in [0.2, 0.25) is 5.28 Å². The molecule has 0 atom stereocenters. The Morgan fingerprint density at radius 1 is 1.35 bits per heavy atom. The quantitative estimate of drug-likeness (QED) is 0.693. The molecule has 2 aromatic rings. The van der Waals surface area contributed by atoms with Crippen molar-refractivity contribution in [2.45, 2.75) is 32.1 Å². The van der Waals surface area contributed by atoms with Crippen LogP contribution in [0.5, 0.6) is 0 Å². The summed E-state index contributed by atoms with van der Waals surface area (Å²) in [4.78, 5) is 12.6. The van der Waals surface area contributed by atoms with Crippen molar-refractivity contribution in [3.8, 4) is 0 Å². The zero-order valence-corrected chi connectivity index (χ0v) is 12.3. The van der Waals surface area contributed by atoms with Crippen molar-refractivity contribution in [1.29, 1.82) is 0 Å². The van der Waals surface area contributed by atoms with Crippen molar-refractivity contribution < 1.29 is 0 Å². The molecule has 0 aromatic carbocycles. The Balaban J connectivity index is 1.73. The van der Waals surface area contributed by atoms with E-state index in [-0.39, 0.29) is 5.28 Å². The fourth-order valence-corrected chi connectivity index (χ4v) is 2.79. The number of rotatable bonds is 4. The van der Waals surface area contributed by atoms with Gasteiger partial charge in [-0.15, -0.1) is 0 Å². The molecular weight excluding hydrogens is 274 g/mol. The maximum Gasteiger partial charge on any atom is 0.226 e. The molecule has 2 aromatic heterocycles. The van der Waals surface area contributed by atoms with Crippen LogP contribution >= 0.6 is 11.6 Å². The van der Waals surface area contributed by atoms with Gasteiger partial charge in [0.05, 0.1) is 6.33 Å². The standard InChI is InChI=1S/C14H18ClN5/c1-20-9-17-13-11(20)12(18-14(15)19-13)16-8-7-10-5-3-2-4-6-10/h5,9H,2-4,6-8H2,1H3,(H,16,18,19). The number of hydrogen-bond acceptors (Lipinski definition) is 4. The van der Waals surface area contributed by atoms with Crippen LogP contribution < -0.4 is 5.32 Å². The molecule has 0 saturated heterocycles. The van der Waals surface area contributed by atoms with E-state index < -0.39 is 0 Å². The predicted molar refractivity (Wildman–Crippen MR) is 81.0 cm³/mol. The zero-order valence-electron chi connectivity index (χ0n) is 11.6. The number of allylic oxidation sites excluding steroid dienone is 1. The number of aryl methyl sites for hydroxylation is 1. The largest absolute Gasteiger partial charge is 0.368 e. The molecule has 2 heterocycles. The van der Waals surface area contributed by atoms with Gasteiger partial charge in [0.25, 0.3) is 0 Å². The molecule has 1 aliphatic rings. The van der Waals surface area contributed by atoms with Crippen LogP contribution in [0.3, 0.4) is 0 Å². The number of nitrogens with one attached hydrogen (secondary N) is 1. The van der Waals surface area contributed by atoms with Gasteiger partial charge in [0, 0.05) is 13.6 Å². The Kier molecular flexibility index (Phi) is 3.87. The molecule has 0 saturated carbocycles. The van der Waals surface area contributed by atoms with Crippen LogP contribution in [0.4, 0.5) is 5.82 Å². The first kappa shape index (κ1) is 13.4. The lowest BCUT2D eigenvalue weighted by Crippen LogP contribution is -2.08. The van der Waals surface area contributed by atoms with Crippen molar-refractivity contribution >= 4 is 28.6 Å². The van der Waals surface area contributed by atoms with Crippen molar-refractivity contribution in [3.05, 3.63) is 23.3 Å². The molecular formula is C14H18ClN5. The van der Waals surface area contributed by atoms with Crippen LogP contribution in [0.15, 0.2) is 18.0 Å². The molecule has 0 spiro atoms. The number of imidazole rings is 1. The minimum atomic E-state index is 0.232. The first-order chi connectivity index (χ1) is 9.74. The third-order valence-corrected chi connectivity index (χ3v) is 3.84. The van der Waals surface area contributed by atoms with Crippen LogP contribution in [0.25, 0.3) is 11.2 Å². The second-order valence-corrected chi connectivity index (χ2v) is 5.49. The smallest absolute Gasteiger partial charge is 0.226 e. The Morgan fingerprint density at radius 3 is 3.05 bits per heavy atom. The van der Waals surface area contributed by atoms with Crippen molar-refractivity contribution in [2.75, 3.05) is 11.9 Å². The first-order valence-corrected chi connectivity index (χ1v) is 7.38. The van der Waals surface area contributed by atoms with Gasteiger partial charge < -0.3 is 9.88 Å². The number of hydrogen-bond donors (Lipinski definition) is 1. The SMILES string of the molecule is Cn1cnc2nc(Cl)nc(NCCC3=CCCCC3)c21. The Hall–Kier alpha value is -1.62. The molecule has 0 radical (unpaired) electrons. The van der Waals surface area contributed by atoms with Gasteiger partial charge in [0.2, 0.25) is 5.28 Å². The number of halogens is 1. The lowest BCUT2D eigenvalue weighted by Gasteiger charge is -2.13. The summed E-state index contributed by atoms with van der Waals surface area (Å²) >= 11 is 5.94. The molecule has 106 valence electrons. The molecule has 6 heteroatoms. The number of fused-ring (bicyclic) bond motifs is 1.